The first-order valence-electron chi connectivity index (χ1n) is 6.67. The van der Waals surface area contributed by atoms with Crippen molar-refractivity contribution >= 4 is 11.9 Å². The van der Waals surface area contributed by atoms with Crippen LogP contribution in [0.3, 0.4) is 0 Å². The third kappa shape index (κ3) is 5.04. The number of esters is 1. The fourth-order valence-corrected chi connectivity index (χ4v) is 2.03. The predicted molar refractivity (Wildman–Crippen MR) is 69.1 cm³/mol. The molecule has 0 aromatic rings. The molecule has 1 amide bonds. The minimum atomic E-state index is -0.551. The molecule has 1 N–H and O–H groups in total. The molecular weight excluding hydrogens is 232 g/mol. The van der Waals surface area contributed by atoms with Gasteiger partial charge in [0.25, 0.3) is 0 Å². The lowest BCUT2D eigenvalue weighted by molar-refractivity contribution is -0.145. The molecule has 1 atom stereocenters. The molecule has 0 saturated heterocycles. The number of nitrogens with one attached hydrogen (secondary N) is 1. The van der Waals surface area contributed by atoms with Gasteiger partial charge in [0.05, 0.1) is 7.11 Å². The van der Waals surface area contributed by atoms with E-state index in [1.165, 1.54) is 26.9 Å². The lowest BCUT2D eigenvalue weighted by atomic mass is 10.2. The topological polar surface area (TPSA) is 58.6 Å². The molecule has 0 aromatic carbocycles. The van der Waals surface area contributed by atoms with Gasteiger partial charge in [0.1, 0.15) is 6.04 Å². The van der Waals surface area contributed by atoms with E-state index in [9.17, 15) is 9.59 Å². The minimum absolute atomic E-state index is 0.198. The van der Waals surface area contributed by atoms with E-state index in [-0.39, 0.29) is 11.9 Å². The Kier molecular flexibility index (Phi) is 6.12. The highest BCUT2D eigenvalue weighted by Gasteiger charge is 2.32. The number of hydrogen-bond acceptors (Lipinski definition) is 4. The first-order valence-corrected chi connectivity index (χ1v) is 6.67. The van der Waals surface area contributed by atoms with Gasteiger partial charge in [0, 0.05) is 19.5 Å². The number of amides is 1. The number of methoxy groups -OCH3 is 1. The van der Waals surface area contributed by atoms with Gasteiger partial charge in [-0.1, -0.05) is 13.3 Å². The first-order chi connectivity index (χ1) is 8.58. The summed E-state index contributed by atoms with van der Waals surface area (Å²) < 4.78 is 4.74. The zero-order valence-corrected chi connectivity index (χ0v) is 11.6. The standard InChI is InChI=1S/C13H24N2O3/c1-4-5-8-15(11-6-7-11)9-12(13(17)18-3)14-10(2)16/h11-12H,4-9H2,1-3H3,(H,14,16). The average Bonchev–Trinajstić information content (AvgIpc) is 3.15. The summed E-state index contributed by atoms with van der Waals surface area (Å²) in [5.74, 6) is -0.566. The number of carbonyl (C=O) groups excluding carboxylic acids is 2. The normalized spacial score (nSPS) is 16.4. The summed E-state index contributed by atoms with van der Waals surface area (Å²) in [7, 11) is 1.35. The van der Waals surface area contributed by atoms with Crippen LogP contribution >= 0.6 is 0 Å². The molecule has 5 nitrogen and oxygen atoms in total. The van der Waals surface area contributed by atoms with Crippen LogP contribution in [-0.2, 0) is 14.3 Å². The Hall–Kier alpha value is -1.10. The molecule has 5 heteroatoms. The summed E-state index contributed by atoms with van der Waals surface area (Å²) in [5.41, 5.74) is 0. The van der Waals surface area contributed by atoms with Crippen molar-refractivity contribution in [2.24, 2.45) is 0 Å². The van der Waals surface area contributed by atoms with E-state index in [4.69, 9.17) is 4.74 Å². The maximum Gasteiger partial charge on any atom is 0.329 e. The molecule has 0 aromatic heterocycles. The Balaban J connectivity index is 2.54. The molecule has 0 radical (unpaired) electrons. The number of hydrogen-bond donors (Lipinski definition) is 1. The van der Waals surface area contributed by atoms with E-state index in [0.717, 1.165) is 19.4 Å². The van der Waals surface area contributed by atoms with Crippen LogP contribution in [0.15, 0.2) is 0 Å². The lowest BCUT2D eigenvalue weighted by Gasteiger charge is -2.26. The lowest BCUT2D eigenvalue weighted by Crippen LogP contribution is -2.49. The van der Waals surface area contributed by atoms with Crippen molar-refractivity contribution in [3.8, 4) is 0 Å². The molecule has 1 fully saturated rings. The smallest absolute Gasteiger partial charge is 0.329 e. The van der Waals surface area contributed by atoms with Gasteiger partial charge in [0.2, 0.25) is 5.91 Å². The second kappa shape index (κ2) is 7.36. The number of nitrogens with zero attached hydrogens (tertiary/aromatic N) is 1. The van der Waals surface area contributed by atoms with Gasteiger partial charge in [0.15, 0.2) is 0 Å². The summed E-state index contributed by atoms with van der Waals surface area (Å²) in [5, 5.41) is 2.66. The van der Waals surface area contributed by atoms with Gasteiger partial charge < -0.3 is 10.1 Å². The number of unbranched alkanes of at least 4 members (excludes halogenated alkanes) is 1. The molecule has 1 aliphatic carbocycles. The molecule has 1 rings (SSSR count). The van der Waals surface area contributed by atoms with E-state index < -0.39 is 6.04 Å². The van der Waals surface area contributed by atoms with Crippen molar-refractivity contribution in [1.82, 2.24) is 10.2 Å². The van der Waals surface area contributed by atoms with Crippen molar-refractivity contribution in [3.05, 3.63) is 0 Å². The summed E-state index contributed by atoms with van der Waals surface area (Å²) in [6.45, 7) is 5.10. The Morgan fingerprint density at radius 1 is 1.44 bits per heavy atom. The maximum atomic E-state index is 11.6. The SMILES string of the molecule is CCCCN(CC(NC(C)=O)C(=O)OC)C1CC1. The molecule has 1 aliphatic rings. The molecular formula is C13H24N2O3. The van der Waals surface area contributed by atoms with Crippen molar-refractivity contribution in [3.63, 3.8) is 0 Å². The van der Waals surface area contributed by atoms with Crippen molar-refractivity contribution in [2.45, 2.75) is 51.6 Å². The van der Waals surface area contributed by atoms with E-state index in [1.54, 1.807) is 0 Å². The predicted octanol–water partition coefficient (Wildman–Crippen LogP) is 0.929. The largest absolute Gasteiger partial charge is 0.467 e. The fourth-order valence-electron chi connectivity index (χ4n) is 2.03. The van der Waals surface area contributed by atoms with Crippen LogP contribution in [0.25, 0.3) is 0 Å². The van der Waals surface area contributed by atoms with Crippen LogP contribution in [0.5, 0.6) is 0 Å². The van der Waals surface area contributed by atoms with Gasteiger partial charge in [-0.3, -0.25) is 9.69 Å². The monoisotopic (exact) mass is 256 g/mol. The molecule has 1 unspecified atom stereocenters. The van der Waals surface area contributed by atoms with Gasteiger partial charge >= 0.3 is 5.97 Å². The number of rotatable bonds is 8. The highest BCUT2D eigenvalue weighted by molar-refractivity contribution is 5.83. The minimum Gasteiger partial charge on any atom is -0.467 e. The third-order valence-corrected chi connectivity index (χ3v) is 3.14. The van der Waals surface area contributed by atoms with Crippen LogP contribution in [0.4, 0.5) is 0 Å². The summed E-state index contributed by atoms with van der Waals surface area (Å²) in [4.78, 5) is 25.0. The van der Waals surface area contributed by atoms with Crippen LogP contribution in [0, 0.1) is 0 Å². The van der Waals surface area contributed by atoms with Gasteiger partial charge in [-0.2, -0.15) is 0 Å². The second-order valence-electron chi connectivity index (χ2n) is 4.86. The third-order valence-electron chi connectivity index (χ3n) is 3.14. The molecule has 104 valence electrons. The van der Waals surface area contributed by atoms with Crippen LogP contribution in [0.1, 0.15) is 39.5 Å². The molecule has 0 bridgehead atoms. The van der Waals surface area contributed by atoms with Crippen LogP contribution in [0.2, 0.25) is 0 Å². The summed E-state index contributed by atoms with van der Waals surface area (Å²) in [6.07, 6.45) is 4.63. The van der Waals surface area contributed by atoms with Crippen molar-refractivity contribution < 1.29 is 14.3 Å². The van der Waals surface area contributed by atoms with E-state index >= 15 is 0 Å². The summed E-state index contributed by atoms with van der Waals surface area (Å²) in [6, 6.07) is 0.0300. The highest BCUT2D eigenvalue weighted by atomic mass is 16.5. The average molecular weight is 256 g/mol. The van der Waals surface area contributed by atoms with Crippen molar-refractivity contribution in [1.29, 1.82) is 0 Å². The number of ether oxygens (including phenoxy) is 1. The molecule has 1 saturated carbocycles. The fraction of sp³-hybridized carbons (Fsp3) is 0.846. The maximum absolute atomic E-state index is 11.6. The first kappa shape index (κ1) is 15.0. The molecule has 18 heavy (non-hydrogen) atoms. The molecule has 0 heterocycles. The Bertz CT molecular complexity index is 290. The summed E-state index contributed by atoms with van der Waals surface area (Å²) >= 11 is 0. The van der Waals surface area contributed by atoms with Gasteiger partial charge in [-0.15, -0.1) is 0 Å². The highest BCUT2D eigenvalue weighted by Crippen LogP contribution is 2.27. The number of carbonyl (C=O) groups is 2. The van der Waals surface area contributed by atoms with Gasteiger partial charge in [-0.05, 0) is 25.8 Å². The Morgan fingerprint density at radius 3 is 2.56 bits per heavy atom. The van der Waals surface area contributed by atoms with Crippen LogP contribution < -0.4 is 5.32 Å². The van der Waals surface area contributed by atoms with Crippen molar-refractivity contribution in [2.75, 3.05) is 20.2 Å². The second-order valence-corrected chi connectivity index (χ2v) is 4.86. The van der Waals surface area contributed by atoms with Crippen LogP contribution in [-0.4, -0.2) is 49.1 Å². The van der Waals surface area contributed by atoms with E-state index in [1.807, 2.05) is 0 Å². The zero-order valence-electron chi connectivity index (χ0n) is 11.6. The van der Waals surface area contributed by atoms with E-state index in [2.05, 4.69) is 17.1 Å². The molecule has 0 aliphatic heterocycles. The Labute approximate surface area is 109 Å². The Morgan fingerprint density at radius 2 is 2.11 bits per heavy atom. The quantitative estimate of drug-likeness (QED) is 0.656. The zero-order chi connectivity index (χ0) is 13.5. The van der Waals surface area contributed by atoms with Gasteiger partial charge in [-0.25, -0.2) is 4.79 Å². The molecule has 0 spiro atoms. The van der Waals surface area contributed by atoms with E-state index in [0.29, 0.717) is 12.6 Å².